The van der Waals surface area contributed by atoms with Crippen LogP contribution >= 0.6 is 0 Å². The van der Waals surface area contributed by atoms with Crippen LogP contribution in [0.5, 0.6) is 0 Å². The summed E-state index contributed by atoms with van der Waals surface area (Å²) in [6.45, 7) is 5.29. The van der Waals surface area contributed by atoms with Gasteiger partial charge in [-0.3, -0.25) is 14.6 Å². The zero-order chi connectivity index (χ0) is 21.8. The van der Waals surface area contributed by atoms with Crippen LogP contribution in [0.2, 0.25) is 0 Å². The number of carbonyl (C=O) groups excluding carboxylic acids is 2. The molecule has 5 heteroatoms. The topological polar surface area (TPSA) is 62.3 Å². The van der Waals surface area contributed by atoms with E-state index < -0.39 is 0 Å². The summed E-state index contributed by atoms with van der Waals surface area (Å²) in [5.74, 6) is -0.414. The second-order valence-electron chi connectivity index (χ2n) is 8.19. The minimum absolute atomic E-state index is 0.0183. The average molecular weight is 414 g/mol. The smallest absolute Gasteiger partial charge is 0.254 e. The molecule has 1 fully saturated rings. The number of nitrogens with one attached hydrogen (secondary N) is 1. The normalized spacial score (nSPS) is 18.1. The number of pyridine rings is 1. The first-order chi connectivity index (χ1) is 15.0. The molecular weight excluding hydrogens is 386 g/mol. The van der Waals surface area contributed by atoms with Gasteiger partial charge in [-0.2, -0.15) is 0 Å². The lowest BCUT2D eigenvalue weighted by Crippen LogP contribution is -2.35. The first-order valence-corrected chi connectivity index (χ1v) is 10.6. The van der Waals surface area contributed by atoms with Crippen LogP contribution in [0.15, 0.2) is 72.9 Å². The molecule has 1 aliphatic rings. The Morgan fingerprint density at radius 3 is 2.42 bits per heavy atom. The van der Waals surface area contributed by atoms with E-state index >= 15 is 0 Å². The van der Waals surface area contributed by atoms with E-state index in [1.807, 2.05) is 61.2 Å². The number of amides is 2. The minimum atomic E-state index is -0.306. The number of hydrogen-bond donors (Lipinski definition) is 1. The molecule has 2 heterocycles. The molecule has 158 valence electrons. The Morgan fingerprint density at radius 1 is 0.968 bits per heavy atom. The van der Waals surface area contributed by atoms with Crippen LogP contribution in [0.3, 0.4) is 0 Å². The molecule has 31 heavy (non-hydrogen) atoms. The maximum atomic E-state index is 13.2. The van der Waals surface area contributed by atoms with Gasteiger partial charge in [-0.1, -0.05) is 54.1 Å². The Labute approximate surface area is 183 Å². The highest BCUT2D eigenvalue weighted by Crippen LogP contribution is 2.34. The van der Waals surface area contributed by atoms with E-state index in [0.717, 1.165) is 16.8 Å². The van der Waals surface area contributed by atoms with Gasteiger partial charge in [0.15, 0.2) is 0 Å². The van der Waals surface area contributed by atoms with Crippen molar-refractivity contribution in [2.45, 2.75) is 26.3 Å². The quantitative estimate of drug-likeness (QED) is 0.691. The molecule has 1 saturated heterocycles. The molecule has 4 rings (SSSR count). The van der Waals surface area contributed by atoms with Gasteiger partial charge >= 0.3 is 0 Å². The van der Waals surface area contributed by atoms with Crippen molar-refractivity contribution in [2.75, 3.05) is 13.1 Å². The SMILES string of the molecule is Cc1ccc([C@H]2CN(C(=O)c3ccccc3C)C[C@@H]2C(=O)NCc2ccccn2)cc1. The number of likely N-dealkylation sites (tertiary alicyclic amines) is 1. The minimum Gasteiger partial charge on any atom is -0.350 e. The molecule has 0 aliphatic carbocycles. The number of carbonyl (C=O) groups is 2. The van der Waals surface area contributed by atoms with Crippen molar-refractivity contribution in [3.8, 4) is 0 Å². The molecule has 1 aromatic heterocycles. The maximum Gasteiger partial charge on any atom is 0.254 e. The average Bonchev–Trinajstić information content (AvgIpc) is 3.24. The lowest BCUT2D eigenvalue weighted by molar-refractivity contribution is -0.125. The maximum absolute atomic E-state index is 13.2. The van der Waals surface area contributed by atoms with E-state index in [-0.39, 0.29) is 23.7 Å². The fraction of sp³-hybridized carbons (Fsp3) is 0.269. The molecule has 0 bridgehead atoms. The molecule has 2 atom stereocenters. The third-order valence-corrected chi connectivity index (χ3v) is 5.99. The molecule has 5 nitrogen and oxygen atoms in total. The standard InChI is InChI=1S/C26H27N3O2/c1-18-10-12-20(13-11-18)23-16-29(26(31)22-9-4-3-7-19(22)2)17-24(23)25(30)28-15-21-8-5-6-14-27-21/h3-14,23-24H,15-17H2,1-2H3,(H,28,30)/t23-,24+/m1/s1. The fourth-order valence-electron chi connectivity index (χ4n) is 4.18. The second kappa shape index (κ2) is 9.13. The molecule has 0 radical (unpaired) electrons. The summed E-state index contributed by atoms with van der Waals surface area (Å²) in [6, 6.07) is 21.5. The highest BCUT2D eigenvalue weighted by molar-refractivity contribution is 5.96. The Morgan fingerprint density at radius 2 is 1.71 bits per heavy atom. The van der Waals surface area contributed by atoms with E-state index in [4.69, 9.17) is 0 Å². The molecule has 2 aromatic carbocycles. The fourth-order valence-corrected chi connectivity index (χ4v) is 4.18. The van der Waals surface area contributed by atoms with Crippen LogP contribution in [0.4, 0.5) is 0 Å². The first-order valence-electron chi connectivity index (χ1n) is 10.6. The predicted octanol–water partition coefficient (Wildman–Crippen LogP) is 3.87. The molecule has 0 spiro atoms. The van der Waals surface area contributed by atoms with Gasteiger partial charge in [0, 0.05) is 30.8 Å². The molecule has 0 unspecified atom stereocenters. The summed E-state index contributed by atoms with van der Waals surface area (Å²) in [5.41, 5.74) is 4.71. The summed E-state index contributed by atoms with van der Waals surface area (Å²) in [5, 5.41) is 3.02. The molecule has 1 aliphatic heterocycles. The zero-order valence-electron chi connectivity index (χ0n) is 17.9. The monoisotopic (exact) mass is 413 g/mol. The van der Waals surface area contributed by atoms with Gasteiger partial charge in [0.1, 0.15) is 0 Å². The van der Waals surface area contributed by atoms with Crippen LogP contribution in [-0.2, 0) is 11.3 Å². The number of benzene rings is 2. The van der Waals surface area contributed by atoms with Crippen molar-refractivity contribution in [3.05, 3.63) is 101 Å². The molecule has 3 aromatic rings. The Bertz CT molecular complexity index is 1060. The van der Waals surface area contributed by atoms with Crippen molar-refractivity contribution < 1.29 is 9.59 Å². The number of aryl methyl sites for hydroxylation is 2. The number of hydrogen-bond acceptors (Lipinski definition) is 3. The highest BCUT2D eigenvalue weighted by Gasteiger charge is 2.40. The van der Waals surface area contributed by atoms with E-state index in [9.17, 15) is 9.59 Å². The van der Waals surface area contributed by atoms with Crippen LogP contribution in [0.25, 0.3) is 0 Å². The Kier molecular flexibility index (Phi) is 6.12. The molecule has 2 amide bonds. The van der Waals surface area contributed by atoms with Crippen LogP contribution in [0, 0.1) is 19.8 Å². The van der Waals surface area contributed by atoms with Crippen molar-refractivity contribution in [3.63, 3.8) is 0 Å². The van der Waals surface area contributed by atoms with Gasteiger partial charge in [-0.05, 0) is 43.2 Å². The summed E-state index contributed by atoms with van der Waals surface area (Å²) < 4.78 is 0. The van der Waals surface area contributed by atoms with Gasteiger partial charge in [-0.25, -0.2) is 0 Å². The predicted molar refractivity (Wildman–Crippen MR) is 121 cm³/mol. The van der Waals surface area contributed by atoms with Crippen molar-refractivity contribution in [1.29, 1.82) is 0 Å². The lowest BCUT2D eigenvalue weighted by atomic mass is 9.88. The van der Waals surface area contributed by atoms with Crippen LogP contribution in [-0.4, -0.2) is 34.8 Å². The summed E-state index contributed by atoms with van der Waals surface area (Å²) >= 11 is 0. The lowest BCUT2D eigenvalue weighted by Gasteiger charge is -2.18. The van der Waals surface area contributed by atoms with Crippen molar-refractivity contribution >= 4 is 11.8 Å². The van der Waals surface area contributed by atoms with Gasteiger partial charge in [0.2, 0.25) is 5.91 Å². The largest absolute Gasteiger partial charge is 0.350 e. The van der Waals surface area contributed by atoms with Gasteiger partial charge in [0.25, 0.3) is 5.91 Å². The molecular formula is C26H27N3O2. The third-order valence-electron chi connectivity index (χ3n) is 5.99. The Hall–Kier alpha value is -3.47. The summed E-state index contributed by atoms with van der Waals surface area (Å²) in [6.07, 6.45) is 1.72. The Balaban J connectivity index is 1.56. The molecule has 1 N–H and O–H groups in total. The van der Waals surface area contributed by atoms with Gasteiger partial charge in [-0.15, -0.1) is 0 Å². The van der Waals surface area contributed by atoms with Gasteiger partial charge < -0.3 is 10.2 Å². The van der Waals surface area contributed by atoms with E-state index in [1.54, 1.807) is 6.20 Å². The van der Waals surface area contributed by atoms with E-state index in [2.05, 4.69) is 34.6 Å². The van der Waals surface area contributed by atoms with Crippen LogP contribution in [0.1, 0.15) is 38.7 Å². The highest BCUT2D eigenvalue weighted by atomic mass is 16.2. The number of aromatic nitrogens is 1. The van der Waals surface area contributed by atoms with E-state index in [0.29, 0.717) is 25.2 Å². The first kappa shape index (κ1) is 20.8. The third kappa shape index (κ3) is 4.66. The second-order valence-corrected chi connectivity index (χ2v) is 8.19. The van der Waals surface area contributed by atoms with Crippen molar-refractivity contribution in [2.24, 2.45) is 5.92 Å². The number of nitrogens with zero attached hydrogens (tertiary/aromatic N) is 2. The van der Waals surface area contributed by atoms with E-state index in [1.165, 1.54) is 5.56 Å². The number of rotatable bonds is 5. The van der Waals surface area contributed by atoms with Crippen LogP contribution < -0.4 is 5.32 Å². The van der Waals surface area contributed by atoms with Crippen molar-refractivity contribution in [1.82, 2.24) is 15.2 Å². The summed E-state index contributed by atoms with van der Waals surface area (Å²) in [4.78, 5) is 32.5. The van der Waals surface area contributed by atoms with Gasteiger partial charge in [0.05, 0.1) is 18.2 Å². The summed E-state index contributed by atoms with van der Waals surface area (Å²) in [7, 11) is 0. The molecule has 0 saturated carbocycles. The zero-order valence-corrected chi connectivity index (χ0v) is 17.9.